The molecule has 0 aliphatic rings. The lowest BCUT2D eigenvalue weighted by molar-refractivity contribution is 0.0696. The predicted molar refractivity (Wildman–Crippen MR) is 48.9 cm³/mol. The molecule has 13 heavy (non-hydrogen) atoms. The number of aldehydes is 1. The zero-order valence-electron chi connectivity index (χ0n) is 7.23. The van der Waals surface area contributed by atoms with Crippen molar-refractivity contribution in [1.29, 1.82) is 0 Å². The quantitative estimate of drug-likeness (QED) is 0.660. The fourth-order valence-electron chi connectivity index (χ4n) is 0.704. The summed E-state index contributed by atoms with van der Waals surface area (Å²) in [6.07, 6.45) is 0.672. The van der Waals surface area contributed by atoms with Crippen LogP contribution in [0, 0.1) is 0 Å². The number of aromatic carboxylic acids is 1. The van der Waals surface area contributed by atoms with E-state index in [1.165, 1.54) is 31.3 Å². The molecule has 0 atom stereocenters. The van der Waals surface area contributed by atoms with Gasteiger partial charge in [0.15, 0.2) is 0 Å². The second-order valence-electron chi connectivity index (χ2n) is 2.05. The van der Waals surface area contributed by atoms with Gasteiger partial charge < -0.3 is 10.8 Å². The van der Waals surface area contributed by atoms with E-state index in [2.05, 4.69) is 5.73 Å². The number of rotatable bonds is 2. The van der Waals surface area contributed by atoms with E-state index < -0.39 is 5.97 Å². The number of carboxylic acid groups (broad SMARTS) is 1. The minimum absolute atomic E-state index is 0.190. The highest BCUT2D eigenvalue weighted by molar-refractivity contribution is 5.88. The summed E-state index contributed by atoms with van der Waals surface area (Å²) in [5, 5.41) is 8.46. The van der Waals surface area contributed by atoms with Gasteiger partial charge in [0.05, 0.1) is 5.56 Å². The normalized spacial score (nSPS) is 8.15. The van der Waals surface area contributed by atoms with Crippen LogP contribution in [0.15, 0.2) is 24.3 Å². The summed E-state index contributed by atoms with van der Waals surface area (Å²) in [6.45, 7) is 0. The first-order valence-electron chi connectivity index (χ1n) is 3.60. The van der Waals surface area contributed by atoms with Crippen LogP contribution < -0.4 is 5.73 Å². The van der Waals surface area contributed by atoms with E-state index in [1.807, 2.05) is 0 Å². The molecule has 0 saturated carbocycles. The van der Waals surface area contributed by atoms with Crippen LogP contribution in [-0.2, 0) is 0 Å². The highest BCUT2D eigenvalue weighted by Crippen LogP contribution is 2.01. The molecule has 3 N–H and O–H groups in total. The summed E-state index contributed by atoms with van der Waals surface area (Å²) in [5.41, 5.74) is 5.17. The van der Waals surface area contributed by atoms with Gasteiger partial charge in [-0.1, -0.05) is 12.1 Å². The van der Waals surface area contributed by atoms with E-state index in [0.29, 0.717) is 11.8 Å². The standard InChI is InChI=1S/C8H6O3.CH5N/c9-5-6-1-3-7(4-2-6)8(10)11;1-2/h1-5H,(H,10,11);2H2,1H3. The first kappa shape index (κ1) is 11.3. The van der Waals surface area contributed by atoms with Crippen LogP contribution in [0.3, 0.4) is 0 Å². The first-order valence-corrected chi connectivity index (χ1v) is 3.60. The van der Waals surface area contributed by atoms with Crippen molar-refractivity contribution >= 4 is 12.3 Å². The van der Waals surface area contributed by atoms with Crippen molar-refractivity contribution in [2.75, 3.05) is 7.05 Å². The lowest BCUT2D eigenvalue weighted by atomic mass is 10.1. The average Bonchev–Trinajstić information content (AvgIpc) is 2.21. The summed E-state index contributed by atoms with van der Waals surface area (Å²) in [7, 11) is 1.50. The van der Waals surface area contributed by atoms with Crippen LogP contribution in [0.4, 0.5) is 0 Å². The lowest BCUT2D eigenvalue weighted by Gasteiger charge is -1.92. The number of hydrogen-bond acceptors (Lipinski definition) is 3. The SMILES string of the molecule is CN.O=Cc1ccc(C(=O)O)cc1. The van der Waals surface area contributed by atoms with Crippen molar-refractivity contribution in [2.45, 2.75) is 0 Å². The maximum Gasteiger partial charge on any atom is 0.335 e. The Morgan fingerprint density at radius 3 is 2.08 bits per heavy atom. The van der Waals surface area contributed by atoms with E-state index in [9.17, 15) is 9.59 Å². The Hall–Kier alpha value is -1.68. The lowest BCUT2D eigenvalue weighted by Crippen LogP contribution is -1.95. The topological polar surface area (TPSA) is 80.4 Å². The Balaban J connectivity index is 0.000000671. The van der Waals surface area contributed by atoms with Gasteiger partial charge in [0.1, 0.15) is 6.29 Å². The van der Waals surface area contributed by atoms with Gasteiger partial charge >= 0.3 is 5.97 Å². The summed E-state index contributed by atoms with van der Waals surface area (Å²) >= 11 is 0. The predicted octanol–water partition coefficient (Wildman–Crippen LogP) is 0.772. The molecule has 0 radical (unpaired) electrons. The first-order chi connectivity index (χ1) is 6.24. The molecule has 0 saturated heterocycles. The van der Waals surface area contributed by atoms with Gasteiger partial charge in [0.2, 0.25) is 0 Å². The molecule has 0 spiro atoms. The molecule has 70 valence electrons. The highest BCUT2D eigenvalue weighted by Gasteiger charge is 1.99. The van der Waals surface area contributed by atoms with Crippen LogP contribution in [-0.4, -0.2) is 24.4 Å². The third kappa shape index (κ3) is 3.48. The summed E-state index contributed by atoms with van der Waals surface area (Å²) in [6, 6.07) is 5.73. The van der Waals surface area contributed by atoms with Gasteiger partial charge in [-0.05, 0) is 19.2 Å². The number of nitrogens with two attached hydrogens (primary N) is 1. The molecule has 0 bridgehead atoms. The number of carbonyl (C=O) groups excluding carboxylic acids is 1. The van der Waals surface area contributed by atoms with Gasteiger partial charge in [-0.15, -0.1) is 0 Å². The number of carbonyl (C=O) groups is 2. The van der Waals surface area contributed by atoms with Crippen LogP contribution in [0.5, 0.6) is 0 Å². The second kappa shape index (κ2) is 5.91. The van der Waals surface area contributed by atoms with Crippen molar-refractivity contribution in [3.8, 4) is 0 Å². The van der Waals surface area contributed by atoms with Gasteiger partial charge in [0.25, 0.3) is 0 Å². The monoisotopic (exact) mass is 181 g/mol. The van der Waals surface area contributed by atoms with E-state index in [1.54, 1.807) is 0 Å². The number of hydrogen-bond donors (Lipinski definition) is 2. The number of benzene rings is 1. The fraction of sp³-hybridized carbons (Fsp3) is 0.111. The summed E-state index contributed by atoms with van der Waals surface area (Å²) in [5.74, 6) is -0.984. The zero-order valence-corrected chi connectivity index (χ0v) is 7.23. The molecule has 1 aromatic carbocycles. The van der Waals surface area contributed by atoms with Gasteiger partial charge in [-0.25, -0.2) is 4.79 Å². The van der Waals surface area contributed by atoms with Crippen molar-refractivity contribution in [3.63, 3.8) is 0 Å². The van der Waals surface area contributed by atoms with Crippen molar-refractivity contribution in [1.82, 2.24) is 0 Å². The Kier molecular flexibility index (Phi) is 5.14. The van der Waals surface area contributed by atoms with E-state index in [4.69, 9.17) is 5.11 Å². The highest BCUT2D eigenvalue weighted by atomic mass is 16.4. The van der Waals surface area contributed by atoms with Crippen LogP contribution in [0.1, 0.15) is 20.7 Å². The molecule has 0 heterocycles. The Bertz CT molecular complexity index is 279. The van der Waals surface area contributed by atoms with Crippen molar-refractivity contribution < 1.29 is 14.7 Å². The van der Waals surface area contributed by atoms with E-state index >= 15 is 0 Å². The maximum atomic E-state index is 10.3. The molecule has 1 rings (SSSR count). The molecule has 0 fully saturated rings. The van der Waals surface area contributed by atoms with Crippen LogP contribution in [0.25, 0.3) is 0 Å². The Morgan fingerprint density at radius 1 is 1.31 bits per heavy atom. The average molecular weight is 181 g/mol. The zero-order chi connectivity index (χ0) is 10.3. The van der Waals surface area contributed by atoms with Gasteiger partial charge in [0, 0.05) is 5.56 Å². The van der Waals surface area contributed by atoms with Crippen LogP contribution >= 0.6 is 0 Å². The minimum Gasteiger partial charge on any atom is -0.478 e. The number of carboxylic acids is 1. The van der Waals surface area contributed by atoms with Crippen LogP contribution in [0.2, 0.25) is 0 Å². The minimum atomic E-state index is -0.984. The van der Waals surface area contributed by atoms with Crippen molar-refractivity contribution in [2.24, 2.45) is 5.73 Å². The molecule has 0 aliphatic heterocycles. The third-order valence-electron chi connectivity index (χ3n) is 1.29. The molecule has 4 nitrogen and oxygen atoms in total. The molecule has 0 amide bonds. The molecular formula is C9H11NO3. The van der Waals surface area contributed by atoms with E-state index in [-0.39, 0.29) is 5.56 Å². The largest absolute Gasteiger partial charge is 0.478 e. The van der Waals surface area contributed by atoms with Crippen molar-refractivity contribution in [3.05, 3.63) is 35.4 Å². The molecule has 0 unspecified atom stereocenters. The second-order valence-corrected chi connectivity index (χ2v) is 2.05. The molecule has 0 aliphatic carbocycles. The Labute approximate surface area is 76.0 Å². The molecular weight excluding hydrogens is 170 g/mol. The Morgan fingerprint density at radius 2 is 1.77 bits per heavy atom. The summed E-state index contributed by atoms with van der Waals surface area (Å²) < 4.78 is 0. The molecule has 1 aromatic rings. The molecule has 0 aromatic heterocycles. The van der Waals surface area contributed by atoms with E-state index in [0.717, 1.165) is 0 Å². The van der Waals surface area contributed by atoms with Gasteiger partial charge in [-0.3, -0.25) is 4.79 Å². The fourth-order valence-corrected chi connectivity index (χ4v) is 0.704. The third-order valence-corrected chi connectivity index (χ3v) is 1.29. The smallest absolute Gasteiger partial charge is 0.335 e. The molecule has 4 heteroatoms. The van der Waals surface area contributed by atoms with Gasteiger partial charge in [-0.2, -0.15) is 0 Å². The maximum absolute atomic E-state index is 10.3. The summed E-state index contributed by atoms with van der Waals surface area (Å²) in [4.78, 5) is 20.5.